The first-order valence-corrected chi connectivity index (χ1v) is 6.42. The third-order valence-electron chi connectivity index (χ3n) is 3.08. The van der Waals surface area contributed by atoms with Crippen molar-refractivity contribution in [2.75, 3.05) is 20.3 Å². The Hall–Kier alpha value is -1.00. The van der Waals surface area contributed by atoms with Crippen LogP contribution in [0.5, 0.6) is 0 Å². The minimum absolute atomic E-state index is 0.0343. The Kier molecular flexibility index (Phi) is 5.44. The maximum atomic E-state index is 14.1. The Labute approximate surface area is 113 Å². The van der Waals surface area contributed by atoms with Crippen molar-refractivity contribution >= 4 is 0 Å². The Balaban J connectivity index is 3.05. The SMILES string of the molecule is COCCOC(C)(C)c1c(F)cc(C(C)C)cc1F. The van der Waals surface area contributed by atoms with Crippen molar-refractivity contribution in [3.05, 3.63) is 34.9 Å². The van der Waals surface area contributed by atoms with Crippen molar-refractivity contribution in [2.45, 2.75) is 39.2 Å². The van der Waals surface area contributed by atoms with E-state index in [0.29, 0.717) is 12.2 Å². The molecule has 0 unspecified atom stereocenters. The zero-order valence-corrected chi connectivity index (χ0v) is 12.2. The Morgan fingerprint density at radius 2 is 1.63 bits per heavy atom. The number of rotatable bonds is 6. The minimum Gasteiger partial charge on any atom is -0.382 e. The smallest absolute Gasteiger partial charge is 0.132 e. The first-order valence-electron chi connectivity index (χ1n) is 6.42. The summed E-state index contributed by atoms with van der Waals surface area (Å²) in [5, 5.41) is 0. The minimum atomic E-state index is -1.03. The average molecular weight is 272 g/mol. The van der Waals surface area contributed by atoms with E-state index in [1.807, 2.05) is 13.8 Å². The Morgan fingerprint density at radius 3 is 2.05 bits per heavy atom. The topological polar surface area (TPSA) is 18.5 Å². The molecule has 19 heavy (non-hydrogen) atoms. The molecule has 1 aromatic rings. The molecule has 0 bridgehead atoms. The van der Waals surface area contributed by atoms with Crippen LogP contribution in [-0.2, 0) is 15.1 Å². The van der Waals surface area contributed by atoms with Gasteiger partial charge in [0.15, 0.2) is 0 Å². The molecule has 0 aliphatic rings. The van der Waals surface area contributed by atoms with Gasteiger partial charge in [0.2, 0.25) is 0 Å². The lowest BCUT2D eigenvalue weighted by Gasteiger charge is -2.27. The molecule has 0 amide bonds. The summed E-state index contributed by atoms with van der Waals surface area (Å²) in [5.74, 6) is -1.05. The molecular formula is C15H22F2O2. The number of methoxy groups -OCH3 is 1. The molecule has 0 atom stereocenters. The van der Waals surface area contributed by atoms with E-state index in [-0.39, 0.29) is 18.1 Å². The van der Waals surface area contributed by atoms with Gasteiger partial charge in [-0.3, -0.25) is 0 Å². The van der Waals surface area contributed by atoms with E-state index in [4.69, 9.17) is 9.47 Å². The zero-order valence-electron chi connectivity index (χ0n) is 12.2. The van der Waals surface area contributed by atoms with Gasteiger partial charge >= 0.3 is 0 Å². The van der Waals surface area contributed by atoms with Crippen LogP contribution in [0, 0.1) is 11.6 Å². The predicted molar refractivity (Wildman–Crippen MR) is 71.3 cm³/mol. The van der Waals surface area contributed by atoms with Gasteiger partial charge in [-0.25, -0.2) is 8.78 Å². The van der Waals surface area contributed by atoms with Crippen LogP contribution in [0.15, 0.2) is 12.1 Å². The van der Waals surface area contributed by atoms with E-state index in [1.54, 1.807) is 21.0 Å². The molecule has 1 aromatic carbocycles. The number of benzene rings is 1. The van der Waals surface area contributed by atoms with E-state index in [1.165, 1.54) is 12.1 Å². The van der Waals surface area contributed by atoms with E-state index < -0.39 is 17.2 Å². The lowest BCUT2D eigenvalue weighted by Crippen LogP contribution is -2.26. The molecular weight excluding hydrogens is 250 g/mol. The van der Waals surface area contributed by atoms with Crippen LogP contribution in [0.3, 0.4) is 0 Å². The van der Waals surface area contributed by atoms with Gasteiger partial charge in [0.25, 0.3) is 0 Å². The van der Waals surface area contributed by atoms with Crippen molar-refractivity contribution in [3.8, 4) is 0 Å². The maximum absolute atomic E-state index is 14.1. The summed E-state index contributed by atoms with van der Waals surface area (Å²) < 4.78 is 38.6. The highest BCUT2D eigenvalue weighted by molar-refractivity contribution is 5.31. The summed E-state index contributed by atoms with van der Waals surface area (Å²) in [6.45, 7) is 7.77. The summed E-state index contributed by atoms with van der Waals surface area (Å²) in [5.41, 5.74) is -0.415. The molecule has 0 aliphatic heterocycles. The van der Waals surface area contributed by atoms with E-state index >= 15 is 0 Å². The Bertz CT molecular complexity index is 405. The number of hydrogen-bond acceptors (Lipinski definition) is 2. The molecule has 4 heteroatoms. The average Bonchev–Trinajstić information content (AvgIpc) is 2.27. The van der Waals surface area contributed by atoms with Crippen molar-refractivity contribution in [1.82, 2.24) is 0 Å². The van der Waals surface area contributed by atoms with Crippen LogP contribution in [0.1, 0.15) is 44.7 Å². The molecule has 0 aromatic heterocycles. The molecule has 0 heterocycles. The van der Waals surface area contributed by atoms with Crippen LogP contribution >= 0.6 is 0 Å². The fourth-order valence-corrected chi connectivity index (χ4v) is 1.95. The van der Waals surface area contributed by atoms with Crippen LogP contribution in [0.4, 0.5) is 8.78 Å². The summed E-state index contributed by atoms with van der Waals surface area (Å²) >= 11 is 0. The monoisotopic (exact) mass is 272 g/mol. The van der Waals surface area contributed by atoms with E-state index in [9.17, 15) is 8.78 Å². The standard InChI is InChI=1S/C15H22F2O2/c1-10(2)11-8-12(16)14(13(17)9-11)15(3,4)19-7-6-18-5/h8-10H,6-7H2,1-5H3. The van der Waals surface area contributed by atoms with Crippen molar-refractivity contribution < 1.29 is 18.3 Å². The molecule has 0 radical (unpaired) electrons. The van der Waals surface area contributed by atoms with Crippen molar-refractivity contribution in [2.24, 2.45) is 0 Å². The summed E-state index contributed by atoms with van der Waals surface area (Å²) in [6, 6.07) is 2.76. The molecule has 0 saturated carbocycles. The summed E-state index contributed by atoms with van der Waals surface area (Å²) in [6.07, 6.45) is 0. The van der Waals surface area contributed by atoms with Gasteiger partial charge in [-0.15, -0.1) is 0 Å². The number of halogens is 2. The molecule has 2 nitrogen and oxygen atoms in total. The molecule has 0 spiro atoms. The first kappa shape index (κ1) is 16.1. The third-order valence-corrected chi connectivity index (χ3v) is 3.08. The van der Waals surface area contributed by atoms with Crippen LogP contribution in [0.2, 0.25) is 0 Å². The quantitative estimate of drug-likeness (QED) is 0.729. The second kappa shape index (κ2) is 6.44. The Morgan fingerprint density at radius 1 is 1.11 bits per heavy atom. The van der Waals surface area contributed by atoms with Crippen molar-refractivity contribution in [1.29, 1.82) is 0 Å². The van der Waals surface area contributed by atoms with Crippen LogP contribution in [0.25, 0.3) is 0 Å². The third kappa shape index (κ3) is 3.98. The maximum Gasteiger partial charge on any atom is 0.132 e. The highest BCUT2D eigenvalue weighted by Crippen LogP contribution is 2.31. The second-order valence-corrected chi connectivity index (χ2v) is 5.37. The summed E-state index contributed by atoms with van der Waals surface area (Å²) in [7, 11) is 1.55. The molecule has 0 N–H and O–H groups in total. The van der Waals surface area contributed by atoms with Gasteiger partial charge in [-0.05, 0) is 37.5 Å². The largest absolute Gasteiger partial charge is 0.382 e. The lowest BCUT2D eigenvalue weighted by atomic mass is 9.93. The van der Waals surface area contributed by atoms with E-state index in [0.717, 1.165) is 0 Å². The van der Waals surface area contributed by atoms with Crippen LogP contribution in [-0.4, -0.2) is 20.3 Å². The highest BCUT2D eigenvalue weighted by atomic mass is 19.1. The van der Waals surface area contributed by atoms with Gasteiger partial charge in [-0.1, -0.05) is 13.8 Å². The summed E-state index contributed by atoms with van der Waals surface area (Å²) in [4.78, 5) is 0. The zero-order chi connectivity index (χ0) is 14.6. The molecule has 108 valence electrons. The fourth-order valence-electron chi connectivity index (χ4n) is 1.95. The first-order chi connectivity index (χ1) is 8.79. The second-order valence-electron chi connectivity index (χ2n) is 5.37. The number of ether oxygens (including phenoxy) is 2. The molecule has 1 rings (SSSR count). The number of hydrogen-bond donors (Lipinski definition) is 0. The normalized spacial score (nSPS) is 12.2. The van der Waals surface area contributed by atoms with Gasteiger partial charge in [0.1, 0.15) is 11.6 Å². The fraction of sp³-hybridized carbons (Fsp3) is 0.600. The van der Waals surface area contributed by atoms with E-state index in [2.05, 4.69) is 0 Å². The lowest BCUT2D eigenvalue weighted by molar-refractivity contribution is -0.0471. The predicted octanol–water partition coefficient (Wildman–Crippen LogP) is 3.99. The van der Waals surface area contributed by atoms with Gasteiger partial charge in [0, 0.05) is 7.11 Å². The van der Waals surface area contributed by atoms with Gasteiger partial charge in [-0.2, -0.15) is 0 Å². The van der Waals surface area contributed by atoms with Crippen molar-refractivity contribution in [3.63, 3.8) is 0 Å². The highest BCUT2D eigenvalue weighted by Gasteiger charge is 2.29. The molecule has 0 fully saturated rings. The van der Waals surface area contributed by atoms with Crippen LogP contribution < -0.4 is 0 Å². The molecule has 0 aliphatic carbocycles. The van der Waals surface area contributed by atoms with Gasteiger partial charge < -0.3 is 9.47 Å². The van der Waals surface area contributed by atoms with Gasteiger partial charge in [0.05, 0.1) is 24.4 Å². The molecule has 0 saturated heterocycles.